The van der Waals surface area contributed by atoms with Crippen LogP contribution in [0.15, 0.2) is 15.7 Å². The molecule has 0 amide bonds. The van der Waals surface area contributed by atoms with Gasteiger partial charge >= 0.3 is 5.97 Å². The van der Waals surface area contributed by atoms with Gasteiger partial charge in [0, 0.05) is 12.3 Å². The first kappa shape index (κ1) is 29.8. The van der Waals surface area contributed by atoms with Gasteiger partial charge < -0.3 is 29.2 Å². The number of ether oxygens (including phenoxy) is 2. The zero-order valence-corrected chi connectivity index (χ0v) is 23.0. The molecule has 2 aliphatic heterocycles. The van der Waals surface area contributed by atoms with E-state index in [1.165, 1.54) is 12.3 Å². The minimum atomic E-state index is -1.31. The number of epoxide rings is 1. The van der Waals surface area contributed by atoms with Crippen molar-refractivity contribution in [1.82, 2.24) is 4.98 Å². The van der Waals surface area contributed by atoms with E-state index in [0.29, 0.717) is 18.5 Å². The lowest BCUT2D eigenvalue weighted by molar-refractivity contribution is -0.154. The monoisotopic (exact) mass is 541 g/mol. The van der Waals surface area contributed by atoms with E-state index in [1.54, 1.807) is 13.8 Å². The number of cyclic esters (lactones) is 1. The fourth-order valence-corrected chi connectivity index (χ4v) is 5.35. The van der Waals surface area contributed by atoms with Gasteiger partial charge in [-0.3, -0.25) is 9.59 Å². The summed E-state index contributed by atoms with van der Waals surface area (Å²) in [6, 6.07) is 0. The van der Waals surface area contributed by atoms with E-state index in [-0.39, 0.29) is 35.3 Å². The Balaban J connectivity index is 1.87. The first-order valence-electron chi connectivity index (χ1n) is 13.0. The van der Waals surface area contributed by atoms with Gasteiger partial charge in [0.1, 0.15) is 30.5 Å². The average Bonchev–Trinajstić information content (AvgIpc) is 3.24. The number of aromatic nitrogens is 1. The quantitative estimate of drug-likeness (QED) is 0.383. The van der Waals surface area contributed by atoms with Gasteiger partial charge in [-0.05, 0) is 38.2 Å². The molecule has 0 aliphatic carbocycles. The molecule has 0 radical (unpaired) electrons. The molecule has 0 saturated carbocycles. The molecule has 208 valence electrons. The molecule has 3 heterocycles. The van der Waals surface area contributed by atoms with Crippen LogP contribution in [0.5, 0.6) is 0 Å². The highest BCUT2D eigenvalue weighted by Gasteiger charge is 2.53. The molecule has 0 spiro atoms. The lowest BCUT2D eigenvalue weighted by Crippen LogP contribution is -2.46. The molecule has 3 rings (SSSR count). The lowest BCUT2D eigenvalue weighted by Gasteiger charge is -2.35. The van der Waals surface area contributed by atoms with Gasteiger partial charge in [0.15, 0.2) is 0 Å². The van der Waals surface area contributed by atoms with E-state index in [9.17, 15) is 24.9 Å². The molecule has 7 atom stereocenters. The van der Waals surface area contributed by atoms with E-state index < -0.39 is 47.6 Å². The number of carbonyl (C=O) groups is 2. The van der Waals surface area contributed by atoms with Crippen LogP contribution in [0.3, 0.4) is 0 Å². The summed E-state index contributed by atoms with van der Waals surface area (Å²) in [7, 11) is 0. The molecule has 0 unspecified atom stereocenters. The molecule has 10 heteroatoms. The van der Waals surface area contributed by atoms with Crippen molar-refractivity contribution in [3.63, 3.8) is 0 Å². The maximum absolute atomic E-state index is 13.4. The smallest absolute Gasteiger partial charge is 0.309 e. The highest BCUT2D eigenvalue weighted by atomic mass is 35.5. The van der Waals surface area contributed by atoms with Gasteiger partial charge in [-0.2, -0.15) is 0 Å². The molecular weight excluding hydrogens is 502 g/mol. The predicted octanol–water partition coefficient (Wildman–Crippen LogP) is 3.76. The Morgan fingerprint density at radius 2 is 1.97 bits per heavy atom. The minimum Gasteiger partial charge on any atom is -0.456 e. The first-order valence-corrected chi connectivity index (χ1v) is 13.4. The second-order valence-corrected chi connectivity index (χ2v) is 11.6. The van der Waals surface area contributed by atoms with E-state index >= 15 is 0 Å². The minimum absolute atomic E-state index is 0.114. The zero-order chi connectivity index (χ0) is 27.5. The SMILES string of the molecule is CC[C@H]1C(=O)C(C)(C)[C@@H](O)CC(=O)O[C@H](C(Cl)=Cc2coc(CO)n2)C[C@@H]2O[C@]2(C)CCC[C@H](C)[C@@H]1O. The Morgan fingerprint density at radius 1 is 1.27 bits per heavy atom. The third-order valence-corrected chi connectivity index (χ3v) is 8.32. The van der Waals surface area contributed by atoms with Crippen LogP contribution >= 0.6 is 11.6 Å². The summed E-state index contributed by atoms with van der Waals surface area (Å²) in [5.41, 5.74) is -1.32. The van der Waals surface area contributed by atoms with Gasteiger partial charge in [-0.25, -0.2) is 4.98 Å². The molecule has 1 aromatic heterocycles. The van der Waals surface area contributed by atoms with Crippen LogP contribution in [-0.4, -0.2) is 62.1 Å². The summed E-state index contributed by atoms with van der Waals surface area (Å²) in [5.74, 6) is -1.63. The fourth-order valence-electron chi connectivity index (χ4n) is 5.10. The standard InChI is InChI=1S/C27H40ClNO8/c1-6-17-24(33)15(2)8-7-9-27(5)21(37-27)11-19(18(28)10-16-14-35-22(13-30)29-16)36-23(32)12-20(31)26(3,4)25(17)34/h10,14-15,17,19-21,24,30-31,33H,6-9,11-13H2,1-5H3/t15-,17+,19-,20-,21-,24-,27+/m0/s1. The molecule has 1 aromatic rings. The molecule has 0 bridgehead atoms. The van der Waals surface area contributed by atoms with Crippen molar-refractivity contribution in [2.75, 3.05) is 0 Å². The van der Waals surface area contributed by atoms with Crippen molar-refractivity contribution in [2.24, 2.45) is 17.3 Å². The maximum Gasteiger partial charge on any atom is 0.309 e. The van der Waals surface area contributed by atoms with Crippen LogP contribution in [0.2, 0.25) is 0 Å². The summed E-state index contributed by atoms with van der Waals surface area (Å²) in [6.45, 7) is 8.59. The Morgan fingerprint density at radius 3 is 2.59 bits per heavy atom. The number of rotatable bonds is 4. The molecule has 37 heavy (non-hydrogen) atoms. The number of oxazole rings is 1. The Bertz CT molecular complexity index is 991. The van der Waals surface area contributed by atoms with Crippen LogP contribution in [-0.2, 0) is 25.7 Å². The van der Waals surface area contributed by atoms with Crippen molar-refractivity contribution in [3.8, 4) is 0 Å². The summed E-state index contributed by atoms with van der Waals surface area (Å²) >= 11 is 6.57. The molecule has 0 aromatic carbocycles. The summed E-state index contributed by atoms with van der Waals surface area (Å²) in [5, 5.41) is 31.3. The van der Waals surface area contributed by atoms with Crippen molar-refractivity contribution < 1.29 is 38.8 Å². The number of carbonyl (C=O) groups excluding carboxylic acids is 2. The number of ketones is 1. The van der Waals surface area contributed by atoms with E-state index in [0.717, 1.165) is 19.3 Å². The summed E-state index contributed by atoms with van der Waals surface area (Å²) < 4.78 is 16.8. The number of fused-ring (bicyclic) bond motifs is 1. The Kier molecular flexibility index (Phi) is 9.61. The van der Waals surface area contributed by atoms with Crippen molar-refractivity contribution in [1.29, 1.82) is 0 Å². The fraction of sp³-hybridized carbons (Fsp3) is 0.741. The zero-order valence-electron chi connectivity index (χ0n) is 22.3. The second kappa shape index (κ2) is 11.9. The van der Waals surface area contributed by atoms with Gasteiger partial charge in [-0.1, -0.05) is 45.7 Å². The molecular formula is C27H40ClNO8. The highest BCUT2D eigenvalue weighted by molar-refractivity contribution is 6.32. The average molecular weight is 542 g/mol. The number of Topliss-reactive ketones (excluding diaryl/α,β-unsaturated/α-hetero) is 1. The summed E-state index contributed by atoms with van der Waals surface area (Å²) in [4.78, 5) is 30.4. The third kappa shape index (κ3) is 7.00. The lowest BCUT2D eigenvalue weighted by atomic mass is 9.71. The first-order chi connectivity index (χ1) is 17.3. The topological polar surface area (TPSA) is 143 Å². The van der Waals surface area contributed by atoms with Gasteiger partial charge in [0.2, 0.25) is 5.89 Å². The maximum atomic E-state index is 13.4. The number of esters is 1. The van der Waals surface area contributed by atoms with Crippen LogP contribution < -0.4 is 0 Å². The van der Waals surface area contributed by atoms with E-state index in [1.807, 2.05) is 20.8 Å². The van der Waals surface area contributed by atoms with Crippen LogP contribution in [0, 0.1) is 17.3 Å². The number of aliphatic hydroxyl groups is 3. The van der Waals surface area contributed by atoms with Crippen LogP contribution in [0.25, 0.3) is 6.08 Å². The Labute approximate surface area is 223 Å². The number of hydrogen-bond acceptors (Lipinski definition) is 9. The number of halogens is 1. The summed E-state index contributed by atoms with van der Waals surface area (Å²) in [6.07, 6.45) is 2.19. The van der Waals surface area contributed by atoms with Gasteiger partial charge in [-0.15, -0.1) is 0 Å². The highest BCUT2D eigenvalue weighted by Crippen LogP contribution is 2.45. The van der Waals surface area contributed by atoms with E-state index in [2.05, 4.69) is 4.98 Å². The predicted molar refractivity (Wildman–Crippen MR) is 136 cm³/mol. The number of aliphatic hydroxyl groups excluding tert-OH is 3. The largest absolute Gasteiger partial charge is 0.456 e. The van der Waals surface area contributed by atoms with Crippen molar-refractivity contribution in [3.05, 3.63) is 22.9 Å². The van der Waals surface area contributed by atoms with E-state index in [4.69, 9.17) is 25.5 Å². The van der Waals surface area contributed by atoms with Crippen molar-refractivity contribution in [2.45, 2.75) is 110 Å². The molecule has 3 N–H and O–H groups in total. The molecule has 2 aliphatic rings. The third-order valence-electron chi connectivity index (χ3n) is 7.97. The van der Waals surface area contributed by atoms with Gasteiger partial charge in [0.05, 0.1) is 40.8 Å². The molecule has 2 saturated heterocycles. The van der Waals surface area contributed by atoms with Crippen LogP contribution in [0.1, 0.15) is 84.7 Å². The van der Waals surface area contributed by atoms with Gasteiger partial charge in [0.25, 0.3) is 0 Å². The molecule has 2 fully saturated rings. The second-order valence-electron chi connectivity index (χ2n) is 11.2. The Hall–Kier alpha value is -1.78. The normalized spacial score (nSPS) is 36.1. The van der Waals surface area contributed by atoms with Crippen LogP contribution in [0.4, 0.5) is 0 Å². The number of hydrogen-bond donors (Lipinski definition) is 3. The molecule has 9 nitrogen and oxygen atoms in total. The van der Waals surface area contributed by atoms with Crippen molar-refractivity contribution >= 4 is 29.4 Å². The number of nitrogens with zero attached hydrogens (tertiary/aromatic N) is 1.